The fraction of sp³-hybridized carbons (Fsp3) is 0.692. The van der Waals surface area contributed by atoms with Crippen LogP contribution in [-0.4, -0.2) is 35.8 Å². The van der Waals surface area contributed by atoms with Crippen LogP contribution in [0.1, 0.15) is 33.1 Å². The molecule has 0 spiro atoms. The van der Waals surface area contributed by atoms with Gasteiger partial charge in [0.1, 0.15) is 4.90 Å². The Kier molecular flexibility index (Phi) is 4.99. The first kappa shape index (κ1) is 15.7. The number of hydrogen-bond acceptors (Lipinski definition) is 4. The highest BCUT2D eigenvalue weighted by molar-refractivity contribution is 7.89. The minimum Gasteiger partial charge on any atom is -0.225 e. The number of rotatable bonds is 3. The molecule has 1 atom stereocenters. The molecular formula is C13H20ClN3O2S. The molecule has 0 saturated carbocycles. The molecule has 112 valence electrons. The molecule has 0 bridgehead atoms. The molecule has 1 aliphatic heterocycles. The fourth-order valence-corrected chi connectivity index (χ4v) is 4.07. The second-order valence-corrected chi connectivity index (χ2v) is 7.80. The van der Waals surface area contributed by atoms with Crippen molar-refractivity contribution in [2.45, 2.75) is 38.0 Å². The van der Waals surface area contributed by atoms with Gasteiger partial charge in [-0.05, 0) is 42.7 Å². The number of nitrogens with zero attached hydrogens (tertiary/aromatic N) is 3. The highest BCUT2D eigenvalue weighted by Crippen LogP contribution is 2.27. The summed E-state index contributed by atoms with van der Waals surface area (Å²) in [5, 5.41) is 0.0553. The van der Waals surface area contributed by atoms with E-state index in [-0.39, 0.29) is 10.2 Å². The van der Waals surface area contributed by atoms with Gasteiger partial charge in [-0.2, -0.15) is 4.31 Å². The zero-order valence-electron chi connectivity index (χ0n) is 11.8. The van der Waals surface area contributed by atoms with Gasteiger partial charge in [0, 0.05) is 13.1 Å². The highest BCUT2D eigenvalue weighted by atomic mass is 35.5. The molecule has 0 N–H and O–H groups in total. The Labute approximate surface area is 125 Å². The molecule has 1 fully saturated rings. The predicted molar refractivity (Wildman–Crippen MR) is 78.0 cm³/mol. The Bertz CT molecular complexity index is 545. The molecule has 1 aliphatic rings. The summed E-state index contributed by atoms with van der Waals surface area (Å²) < 4.78 is 26.6. The third-order valence-corrected chi connectivity index (χ3v) is 5.96. The molecule has 0 radical (unpaired) electrons. The topological polar surface area (TPSA) is 63.2 Å². The van der Waals surface area contributed by atoms with Gasteiger partial charge in [-0.15, -0.1) is 0 Å². The summed E-state index contributed by atoms with van der Waals surface area (Å²) in [6, 6.07) is 0. The van der Waals surface area contributed by atoms with Gasteiger partial charge < -0.3 is 0 Å². The quantitative estimate of drug-likeness (QED) is 0.804. The maximum Gasteiger partial charge on any atom is 0.246 e. The van der Waals surface area contributed by atoms with E-state index in [0.717, 1.165) is 19.3 Å². The first-order valence-corrected chi connectivity index (χ1v) is 8.70. The van der Waals surface area contributed by atoms with Crippen molar-refractivity contribution < 1.29 is 8.42 Å². The van der Waals surface area contributed by atoms with E-state index in [2.05, 4.69) is 23.8 Å². The van der Waals surface area contributed by atoms with Crippen molar-refractivity contribution in [2.75, 3.05) is 13.1 Å². The van der Waals surface area contributed by atoms with Crippen LogP contribution in [0, 0.1) is 11.8 Å². The first-order valence-electron chi connectivity index (χ1n) is 6.89. The van der Waals surface area contributed by atoms with Crippen LogP contribution < -0.4 is 0 Å². The van der Waals surface area contributed by atoms with Crippen molar-refractivity contribution in [3.05, 3.63) is 17.7 Å². The van der Waals surface area contributed by atoms with Gasteiger partial charge in [-0.1, -0.05) is 13.8 Å². The van der Waals surface area contributed by atoms with Crippen LogP contribution in [0.3, 0.4) is 0 Å². The Morgan fingerprint density at radius 3 is 2.50 bits per heavy atom. The lowest BCUT2D eigenvalue weighted by molar-refractivity contribution is 0.340. The Morgan fingerprint density at radius 2 is 1.90 bits per heavy atom. The lowest BCUT2D eigenvalue weighted by atomic mass is 9.89. The summed E-state index contributed by atoms with van der Waals surface area (Å²) in [6.45, 7) is 5.52. The summed E-state index contributed by atoms with van der Waals surface area (Å²) in [6.07, 6.45) is 5.44. The minimum atomic E-state index is -3.50. The molecule has 7 heteroatoms. The van der Waals surface area contributed by atoms with Crippen LogP contribution in [-0.2, 0) is 10.0 Å². The third kappa shape index (κ3) is 3.48. The summed E-state index contributed by atoms with van der Waals surface area (Å²) in [5.74, 6) is 1.19. The lowest BCUT2D eigenvalue weighted by Crippen LogP contribution is -2.32. The van der Waals surface area contributed by atoms with Gasteiger partial charge in [0.15, 0.2) is 0 Å². The number of sulfonamides is 1. The zero-order chi connectivity index (χ0) is 14.8. The van der Waals surface area contributed by atoms with E-state index in [1.807, 2.05) is 0 Å². The maximum absolute atomic E-state index is 12.5. The molecule has 2 heterocycles. The first-order chi connectivity index (χ1) is 9.41. The van der Waals surface area contributed by atoms with Crippen molar-refractivity contribution in [3.8, 4) is 0 Å². The number of aromatic nitrogens is 2. The normalized spacial score (nSPS) is 21.9. The molecule has 5 nitrogen and oxygen atoms in total. The van der Waals surface area contributed by atoms with Gasteiger partial charge in [-0.25, -0.2) is 18.4 Å². The van der Waals surface area contributed by atoms with E-state index in [4.69, 9.17) is 11.6 Å². The SMILES string of the molecule is CC(C)C1CCCN(S(=O)(=O)c2cnc(Cl)nc2)CC1. The second-order valence-electron chi connectivity index (χ2n) is 5.53. The molecule has 0 aliphatic carbocycles. The molecule has 0 amide bonds. The van der Waals surface area contributed by atoms with Gasteiger partial charge in [0.2, 0.25) is 15.3 Å². The Balaban J connectivity index is 2.16. The van der Waals surface area contributed by atoms with Gasteiger partial charge in [-0.3, -0.25) is 0 Å². The number of halogens is 1. The standard InChI is InChI=1S/C13H20ClN3O2S/c1-10(2)11-4-3-6-17(7-5-11)20(18,19)12-8-15-13(14)16-9-12/h8-11H,3-7H2,1-2H3. The lowest BCUT2D eigenvalue weighted by Gasteiger charge is -2.21. The van der Waals surface area contributed by atoms with E-state index in [1.165, 1.54) is 12.4 Å². The van der Waals surface area contributed by atoms with Crippen molar-refractivity contribution in [3.63, 3.8) is 0 Å². The van der Waals surface area contributed by atoms with E-state index in [9.17, 15) is 8.42 Å². The molecule has 2 rings (SSSR count). The van der Waals surface area contributed by atoms with Crippen molar-refractivity contribution in [1.29, 1.82) is 0 Å². The van der Waals surface area contributed by atoms with Crippen LogP contribution in [0.5, 0.6) is 0 Å². The van der Waals surface area contributed by atoms with Crippen molar-refractivity contribution >= 4 is 21.6 Å². The van der Waals surface area contributed by atoms with Gasteiger partial charge in [0.05, 0.1) is 12.4 Å². The average molecular weight is 318 g/mol. The fourth-order valence-electron chi connectivity index (χ4n) is 2.59. The van der Waals surface area contributed by atoms with Gasteiger partial charge in [0.25, 0.3) is 0 Å². The molecule has 1 aromatic heterocycles. The van der Waals surface area contributed by atoms with Crippen LogP contribution in [0.4, 0.5) is 0 Å². The average Bonchev–Trinajstić information content (AvgIpc) is 2.65. The maximum atomic E-state index is 12.5. The summed E-state index contributed by atoms with van der Waals surface area (Å²) >= 11 is 5.60. The molecule has 1 aromatic rings. The highest BCUT2D eigenvalue weighted by Gasteiger charge is 2.28. The van der Waals surface area contributed by atoms with Gasteiger partial charge >= 0.3 is 0 Å². The number of hydrogen-bond donors (Lipinski definition) is 0. The van der Waals surface area contributed by atoms with Crippen molar-refractivity contribution in [1.82, 2.24) is 14.3 Å². The molecular weight excluding hydrogens is 298 g/mol. The molecule has 20 heavy (non-hydrogen) atoms. The second kappa shape index (κ2) is 6.37. The van der Waals surface area contributed by atoms with E-state index in [0.29, 0.717) is 24.9 Å². The summed E-state index contributed by atoms with van der Waals surface area (Å²) in [4.78, 5) is 7.63. The zero-order valence-corrected chi connectivity index (χ0v) is 13.4. The van der Waals surface area contributed by atoms with E-state index < -0.39 is 10.0 Å². The van der Waals surface area contributed by atoms with E-state index >= 15 is 0 Å². The van der Waals surface area contributed by atoms with Crippen LogP contribution in [0.2, 0.25) is 5.28 Å². The third-order valence-electron chi connectivity index (χ3n) is 3.91. The summed E-state index contributed by atoms with van der Waals surface area (Å²) in [5.41, 5.74) is 0. The molecule has 1 unspecified atom stereocenters. The molecule has 0 aromatic carbocycles. The summed E-state index contributed by atoms with van der Waals surface area (Å²) in [7, 11) is -3.50. The minimum absolute atomic E-state index is 0.0553. The molecule has 1 saturated heterocycles. The largest absolute Gasteiger partial charge is 0.246 e. The van der Waals surface area contributed by atoms with Crippen LogP contribution in [0.25, 0.3) is 0 Å². The van der Waals surface area contributed by atoms with Crippen LogP contribution in [0.15, 0.2) is 17.3 Å². The van der Waals surface area contributed by atoms with Crippen molar-refractivity contribution in [2.24, 2.45) is 11.8 Å². The Morgan fingerprint density at radius 1 is 1.25 bits per heavy atom. The monoisotopic (exact) mass is 317 g/mol. The van der Waals surface area contributed by atoms with E-state index in [1.54, 1.807) is 4.31 Å². The van der Waals surface area contributed by atoms with Crippen LogP contribution >= 0.6 is 11.6 Å². The predicted octanol–water partition coefficient (Wildman–Crippen LogP) is 2.58. The smallest absolute Gasteiger partial charge is 0.225 e. The Hall–Kier alpha value is -0.720.